The Hall–Kier alpha value is -2.27. The number of ketones is 1. The second-order valence-corrected chi connectivity index (χ2v) is 6.65. The van der Waals surface area contributed by atoms with Crippen molar-refractivity contribution in [3.05, 3.63) is 59.2 Å². The van der Waals surface area contributed by atoms with Gasteiger partial charge in [0, 0.05) is 22.6 Å². The number of para-hydroxylation sites is 1. The van der Waals surface area contributed by atoms with Crippen LogP contribution < -0.4 is 10.1 Å². The highest BCUT2D eigenvalue weighted by molar-refractivity contribution is 7.99. The van der Waals surface area contributed by atoms with Gasteiger partial charge >= 0.3 is 0 Å². The summed E-state index contributed by atoms with van der Waals surface area (Å²) < 4.78 is 5.62. The molecule has 0 aromatic heterocycles. The van der Waals surface area contributed by atoms with Gasteiger partial charge in [-0.3, -0.25) is 9.59 Å². The SMILES string of the molecule is CCOc1ccc(C(C)=O)cc1CSCC(=O)Nc1ccccc1C. The third kappa shape index (κ3) is 5.64. The molecule has 4 nitrogen and oxygen atoms in total. The van der Waals surface area contributed by atoms with Gasteiger partial charge in [0.05, 0.1) is 12.4 Å². The van der Waals surface area contributed by atoms with Gasteiger partial charge in [0.2, 0.25) is 5.91 Å². The molecule has 0 heterocycles. The molecule has 132 valence electrons. The van der Waals surface area contributed by atoms with Crippen LogP contribution in [-0.4, -0.2) is 24.1 Å². The summed E-state index contributed by atoms with van der Waals surface area (Å²) in [6, 6.07) is 13.1. The van der Waals surface area contributed by atoms with E-state index in [1.807, 2.05) is 50.2 Å². The average molecular weight is 357 g/mol. The number of hydrogen-bond acceptors (Lipinski definition) is 4. The van der Waals surface area contributed by atoms with Gasteiger partial charge in [-0.2, -0.15) is 0 Å². The van der Waals surface area contributed by atoms with Crippen LogP contribution in [0.1, 0.15) is 35.3 Å². The van der Waals surface area contributed by atoms with Gasteiger partial charge in [0.15, 0.2) is 5.78 Å². The number of ether oxygens (including phenoxy) is 1. The number of amides is 1. The number of benzene rings is 2. The van der Waals surface area contributed by atoms with E-state index in [1.165, 1.54) is 11.8 Å². The second kappa shape index (κ2) is 9.28. The summed E-state index contributed by atoms with van der Waals surface area (Å²) >= 11 is 1.50. The second-order valence-electron chi connectivity index (χ2n) is 5.67. The minimum Gasteiger partial charge on any atom is -0.494 e. The molecule has 0 bridgehead atoms. The zero-order valence-corrected chi connectivity index (χ0v) is 15.6. The van der Waals surface area contributed by atoms with Crippen molar-refractivity contribution in [3.63, 3.8) is 0 Å². The summed E-state index contributed by atoms with van der Waals surface area (Å²) in [5.41, 5.74) is 3.46. The number of Topliss-reactive ketones (excluding diaryl/α,β-unsaturated/α-hetero) is 1. The van der Waals surface area contributed by atoms with Crippen molar-refractivity contribution in [2.24, 2.45) is 0 Å². The molecule has 5 heteroatoms. The molecule has 2 aromatic carbocycles. The van der Waals surface area contributed by atoms with Gasteiger partial charge in [-0.1, -0.05) is 18.2 Å². The van der Waals surface area contributed by atoms with E-state index in [0.29, 0.717) is 23.7 Å². The third-order valence-corrected chi connectivity index (χ3v) is 4.66. The third-order valence-electron chi connectivity index (χ3n) is 3.68. The fourth-order valence-electron chi connectivity index (χ4n) is 2.36. The zero-order valence-electron chi connectivity index (χ0n) is 14.8. The highest BCUT2D eigenvalue weighted by atomic mass is 32.2. The van der Waals surface area contributed by atoms with Gasteiger partial charge in [-0.15, -0.1) is 11.8 Å². The standard InChI is InChI=1S/C20H23NO3S/c1-4-24-19-10-9-16(15(3)22)11-17(19)12-25-13-20(23)21-18-8-6-5-7-14(18)2/h5-11H,4,12-13H2,1-3H3,(H,21,23). The van der Waals surface area contributed by atoms with Crippen molar-refractivity contribution in [1.29, 1.82) is 0 Å². The number of hydrogen-bond donors (Lipinski definition) is 1. The number of thioether (sulfide) groups is 1. The van der Waals surface area contributed by atoms with Crippen LogP contribution in [0.2, 0.25) is 0 Å². The fourth-order valence-corrected chi connectivity index (χ4v) is 3.17. The normalized spacial score (nSPS) is 10.4. The van der Waals surface area contributed by atoms with Crippen LogP contribution in [0.3, 0.4) is 0 Å². The summed E-state index contributed by atoms with van der Waals surface area (Å²) in [6.07, 6.45) is 0. The maximum Gasteiger partial charge on any atom is 0.234 e. The molecule has 0 saturated carbocycles. The van der Waals surface area contributed by atoms with Crippen molar-refractivity contribution in [2.45, 2.75) is 26.5 Å². The van der Waals surface area contributed by atoms with Crippen LogP contribution in [0.25, 0.3) is 0 Å². The van der Waals surface area contributed by atoms with Gasteiger partial charge in [-0.25, -0.2) is 0 Å². The molecule has 0 spiro atoms. The summed E-state index contributed by atoms with van der Waals surface area (Å²) in [6.45, 7) is 5.99. The van der Waals surface area contributed by atoms with Gasteiger partial charge < -0.3 is 10.1 Å². The lowest BCUT2D eigenvalue weighted by atomic mass is 10.1. The van der Waals surface area contributed by atoms with Gasteiger partial charge in [-0.05, 0) is 50.6 Å². The largest absolute Gasteiger partial charge is 0.494 e. The Morgan fingerprint density at radius 2 is 1.92 bits per heavy atom. The molecule has 1 N–H and O–H groups in total. The van der Waals surface area contributed by atoms with Crippen molar-refractivity contribution in [2.75, 3.05) is 17.7 Å². The first-order valence-electron chi connectivity index (χ1n) is 8.21. The molecular formula is C20H23NO3S. The van der Waals surface area contributed by atoms with Crippen molar-refractivity contribution < 1.29 is 14.3 Å². The van der Waals surface area contributed by atoms with E-state index in [1.54, 1.807) is 13.0 Å². The predicted octanol–water partition coefficient (Wildman–Crippen LogP) is 4.47. The number of aryl methyl sites for hydroxylation is 1. The molecule has 1 amide bonds. The summed E-state index contributed by atoms with van der Waals surface area (Å²) in [5, 5.41) is 2.92. The molecule has 0 radical (unpaired) electrons. The van der Waals surface area contributed by atoms with Crippen LogP contribution in [-0.2, 0) is 10.5 Å². The number of rotatable bonds is 8. The van der Waals surface area contributed by atoms with Crippen LogP contribution in [0.4, 0.5) is 5.69 Å². The molecule has 0 aliphatic rings. The number of carbonyl (C=O) groups is 2. The van der Waals surface area contributed by atoms with E-state index in [9.17, 15) is 9.59 Å². The van der Waals surface area contributed by atoms with Crippen LogP contribution in [0.15, 0.2) is 42.5 Å². The molecule has 0 aliphatic carbocycles. The van der Waals surface area contributed by atoms with Crippen LogP contribution >= 0.6 is 11.8 Å². The lowest BCUT2D eigenvalue weighted by Gasteiger charge is -2.12. The Morgan fingerprint density at radius 3 is 2.60 bits per heavy atom. The molecule has 0 saturated heterocycles. The highest BCUT2D eigenvalue weighted by Crippen LogP contribution is 2.25. The molecular weight excluding hydrogens is 334 g/mol. The Balaban J connectivity index is 1.96. The number of nitrogens with one attached hydrogen (secondary N) is 1. The number of anilines is 1. The Bertz CT molecular complexity index is 758. The molecule has 0 fully saturated rings. The van der Waals surface area contributed by atoms with Gasteiger partial charge in [0.1, 0.15) is 5.75 Å². The average Bonchev–Trinajstić information content (AvgIpc) is 2.58. The monoisotopic (exact) mass is 357 g/mol. The Morgan fingerprint density at radius 1 is 1.16 bits per heavy atom. The number of carbonyl (C=O) groups excluding carboxylic acids is 2. The molecule has 0 aliphatic heterocycles. The zero-order chi connectivity index (χ0) is 18.2. The lowest BCUT2D eigenvalue weighted by Crippen LogP contribution is -2.15. The molecule has 0 unspecified atom stereocenters. The van der Waals surface area contributed by atoms with Crippen molar-refractivity contribution in [1.82, 2.24) is 0 Å². The topological polar surface area (TPSA) is 55.4 Å². The molecule has 0 atom stereocenters. The Labute approximate surface area is 153 Å². The van der Waals surface area contributed by atoms with Gasteiger partial charge in [0.25, 0.3) is 0 Å². The minimum atomic E-state index is -0.0417. The first-order valence-corrected chi connectivity index (χ1v) is 9.36. The van der Waals surface area contributed by atoms with E-state index in [0.717, 1.165) is 22.6 Å². The fraction of sp³-hybridized carbons (Fsp3) is 0.300. The van der Waals surface area contributed by atoms with E-state index in [4.69, 9.17) is 4.74 Å². The first-order chi connectivity index (χ1) is 12.0. The maximum absolute atomic E-state index is 12.1. The van der Waals surface area contributed by atoms with Crippen molar-refractivity contribution in [3.8, 4) is 5.75 Å². The minimum absolute atomic E-state index is 0.0200. The van der Waals surface area contributed by atoms with E-state index in [-0.39, 0.29) is 11.7 Å². The molecule has 2 aromatic rings. The summed E-state index contributed by atoms with van der Waals surface area (Å²) in [5.74, 6) is 1.69. The first kappa shape index (κ1) is 19.1. The molecule has 2 rings (SSSR count). The van der Waals surface area contributed by atoms with E-state index in [2.05, 4.69) is 5.32 Å². The van der Waals surface area contributed by atoms with Crippen LogP contribution in [0, 0.1) is 6.92 Å². The van der Waals surface area contributed by atoms with E-state index >= 15 is 0 Å². The van der Waals surface area contributed by atoms with Crippen LogP contribution in [0.5, 0.6) is 5.75 Å². The quantitative estimate of drug-likeness (QED) is 0.708. The van der Waals surface area contributed by atoms with Crippen molar-refractivity contribution >= 4 is 29.1 Å². The summed E-state index contributed by atoms with van der Waals surface area (Å²) in [7, 11) is 0. The highest BCUT2D eigenvalue weighted by Gasteiger charge is 2.10. The summed E-state index contributed by atoms with van der Waals surface area (Å²) in [4.78, 5) is 23.7. The Kier molecular flexibility index (Phi) is 7.07. The smallest absolute Gasteiger partial charge is 0.234 e. The van der Waals surface area contributed by atoms with E-state index < -0.39 is 0 Å². The maximum atomic E-state index is 12.1. The molecule has 25 heavy (non-hydrogen) atoms. The lowest BCUT2D eigenvalue weighted by molar-refractivity contribution is -0.113. The predicted molar refractivity (Wildman–Crippen MR) is 104 cm³/mol.